The van der Waals surface area contributed by atoms with E-state index < -0.39 is 67.0 Å². The molecule has 0 saturated carbocycles. The van der Waals surface area contributed by atoms with E-state index in [2.05, 4.69) is 0 Å². The first-order chi connectivity index (χ1) is 18.5. The lowest BCUT2D eigenvalue weighted by molar-refractivity contribution is -0.268. The van der Waals surface area contributed by atoms with Crippen molar-refractivity contribution in [2.45, 2.75) is 58.3 Å². The van der Waals surface area contributed by atoms with Crippen LogP contribution in [0, 0.1) is 0 Å². The quantitative estimate of drug-likeness (QED) is 0.194. The smallest absolute Gasteiger partial charge is 0.303 e. The highest BCUT2D eigenvalue weighted by molar-refractivity contribution is 8.26. The highest BCUT2D eigenvalue weighted by Crippen LogP contribution is 2.38. The van der Waals surface area contributed by atoms with Crippen molar-refractivity contribution in [1.29, 1.82) is 0 Å². The van der Waals surface area contributed by atoms with Gasteiger partial charge in [-0.2, -0.15) is 0 Å². The van der Waals surface area contributed by atoms with Crippen molar-refractivity contribution >= 4 is 64.2 Å². The maximum absolute atomic E-state index is 13.5. The fourth-order valence-electron chi connectivity index (χ4n) is 3.94. The molecule has 11 nitrogen and oxygen atoms in total. The first-order valence-corrected chi connectivity index (χ1v) is 13.0. The van der Waals surface area contributed by atoms with Gasteiger partial charge in [0.25, 0.3) is 5.91 Å². The van der Waals surface area contributed by atoms with E-state index in [9.17, 15) is 24.0 Å². The van der Waals surface area contributed by atoms with E-state index in [0.29, 0.717) is 0 Å². The Morgan fingerprint density at radius 2 is 1.51 bits per heavy atom. The fraction of sp³-hybridized carbons (Fsp3) is 0.385. The van der Waals surface area contributed by atoms with Crippen LogP contribution in [0.5, 0.6) is 0 Å². The van der Waals surface area contributed by atoms with Crippen molar-refractivity contribution < 1.29 is 47.7 Å². The molecule has 0 aromatic heterocycles. The summed E-state index contributed by atoms with van der Waals surface area (Å²) in [6.07, 6.45) is -1.72. The summed E-state index contributed by atoms with van der Waals surface area (Å²) in [5.74, 6) is -3.52. The molecular formula is C26H27NO10S2. The molecule has 0 N–H and O–H groups in total. The van der Waals surface area contributed by atoms with Gasteiger partial charge in [-0.3, -0.25) is 28.9 Å². The van der Waals surface area contributed by atoms with Crippen molar-refractivity contribution in [1.82, 2.24) is 4.90 Å². The summed E-state index contributed by atoms with van der Waals surface area (Å²) in [7, 11) is 0. The van der Waals surface area contributed by atoms with Crippen LogP contribution in [0.15, 0.2) is 47.4 Å². The number of carbonyl (C=O) groups excluding carboxylic acids is 5. The number of esters is 4. The van der Waals surface area contributed by atoms with Crippen molar-refractivity contribution in [2.75, 3.05) is 6.61 Å². The van der Waals surface area contributed by atoms with Crippen LogP contribution in [0.1, 0.15) is 33.3 Å². The average molecular weight is 578 g/mol. The van der Waals surface area contributed by atoms with E-state index in [4.69, 9.17) is 35.9 Å². The third kappa shape index (κ3) is 7.97. The number of benzene rings is 1. The molecule has 0 aliphatic carbocycles. The van der Waals surface area contributed by atoms with Gasteiger partial charge in [0.2, 0.25) is 0 Å². The number of ether oxygens (including phenoxy) is 5. The molecule has 3 rings (SSSR count). The second-order valence-corrected chi connectivity index (χ2v) is 10.1. The van der Waals surface area contributed by atoms with Crippen LogP contribution in [0.2, 0.25) is 0 Å². The number of thiocarbonyl (C=S) groups is 1. The van der Waals surface area contributed by atoms with E-state index in [-0.39, 0.29) is 9.23 Å². The number of thioether (sulfide) groups is 1. The minimum absolute atomic E-state index is 0.0836. The third-order valence-electron chi connectivity index (χ3n) is 5.38. The molecule has 208 valence electrons. The molecular weight excluding hydrogens is 550 g/mol. The van der Waals surface area contributed by atoms with Crippen molar-refractivity contribution in [3.05, 3.63) is 53.0 Å². The zero-order valence-electron chi connectivity index (χ0n) is 21.6. The first kappa shape index (κ1) is 30.0. The van der Waals surface area contributed by atoms with E-state index in [1.807, 2.05) is 30.3 Å². The molecule has 2 aliphatic rings. The topological polar surface area (TPSA) is 135 Å². The van der Waals surface area contributed by atoms with Gasteiger partial charge in [-0.15, -0.1) is 0 Å². The molecule has 1 amide bonds. The molecule has 2 fully saturated rings. The number of amides is 1. The van der Waals surface area contributed by atoms with Gasteiger partial charge in [0.1, 0.15) is 12.7 Å². The van der Waals surface area contributed by atoms with Crippen LogP contribution < -0.4 is 0 Å². The molecule has 2 aliphatic heterocycles. The first-order valence-electron chi connectivity index (χ1n) is 11.8. The summed E-state index contributed by atoms with van der Waals surface area (Å²) in [5, 5.41) is 0. The average Bonchev–Trinajstić information content (AvgIpc) is 3.13. The highest BCUT2D eigenvalue weighted by atomic mass is 32.2. The Morgan fingerprint density at radius 1 is 0.923 bits per heavy atom. The fourth-order valence-corrected chi connectivity index (χ4v) is 5.20. The van der Waals surface area contributed by atoms with Crippen molar-refractivity contribution in [3.63, 3.8) is 0 Å². The zero-order valence-corrected chi connectivity index (χ0v) is 23.2. The highest BCUT2D eigenvalue weighted by Gasteiger charge is 2.56. The predicted octanol–water partition coefficient (Wildman–Crippen LogP) is 2.53. The molecule has 2 heterocycles. The minimum Gasteiger partial charge on any atom is -0.463 e. The van der Waals surface area contributed by atoms with Crippen LogP contribution in [0.3, 0.4) is 0 Å². The number of allylic oxidation sites excluding steroid dienone is 2. The lowest BCUT2D eigenvalue weighted by Gasteiger charge is -2.46. The molecule has 2 saturated heterocycles. The summed E-state index contributed by atoms with van der Waals surface area (Å²) in [5.41, 5.74) is 0.920. The zero-order chi connectivity index (χ0) is 28.7. The molecule has 0 bridgehead atoms. The van der Waals surface area contributed by atoms with Gasteiger partial charge >= 0.3 is 23.9 Å². The van der Waals surface area contributed by atoms with Gasteiger partial charge in [-0.05, 0) is 11.6 Å². The Balaban J connectivity index is 1.99. The minimum atomic E-state index is -1.44. The molecule has 1 aromatic carbocycles. The third-order valence-corrected chi connectivity index (χ3v) is 6.73. The van der Waals surface area contributed by atoms with Crippen LogP contribution in [0.25, 0.3) is 6.08 Å². The number of hydrogen-bond donors (Lipinski definition) is 0. The van der Waals surface area contributed by atoms with Gasteiger partial charge in [0.15, 0.2) is 28.9 Å². The van der Waals surface area contributed by atoms with Gasteiger partial charge in [0.05, 0.1) is 4.91 Å². The van der Waals surface area contributed by atoms with Crippen LogP contribution >= 0.6 is 24.0 Å². The number of carbonyl (C=O) groups is 5. The second kappa shape index (κ2) is 13.5. The Labute approximate surface area is 234 Å². The molecule has 0 radical (unpaired) electrons. The lowest BCUT2D eigenvalue weighted by Crippen LogP contribution is -2.66. The number of rotatable bonds is 8. The summed E-state index contributed by atoms with van der Waals surface area (Å²) in [6.45, 7) is 4.10. The second-order valence-electron chi connectivity index (χ2n) is 8.43. The maximum atomic E-state index is 13.5. The Morgan fingerprint density at radius 3 is 2.10 bits per heavy atom. The van der Waals surface area contributed by atoms with E-state index in [1.165, 1.54) is 6.92 Å². The Kier molecular flexibility index (Phi) is 10.4. The van der Waals surface area contributed by atoms with Crippen LogP contribution in [-0.4, -0.2) is 76.3 Å². The lowest BCUT2D eigenvalue weighted by atomic mass is 9.96. The van der Waals surface area contributed by atoms with Crippen LogP contribution in [0.4, 0.5) is 0 Å². The summed E-state index contributed by atoms with van der Waals surface area (Å²) in [4.78, 5) is 62.4. The van der Waals surface area contributed by atoms with Crippen molar-refractivity contribution in [3.8, 4) is 0 Å². The van der Waals surface area contributed by atoms with Gasteiger partial charge in [-0.25, -0.2) is 0 Å². The standard InChI is InChI=1S/C26H27NO10S2/c1-14(28)33-13-19-21(34-15(2)29)22(35-16(3)30)23(36-17(4)31)25(37-19)27-24(32)20(39-26(27)38)12-8-11-18-9-6-5-7-10-18/h5-12,19,21-23,25H,13H2,1-4H3/b11-8+,20-12+/t19-,21-,22-,23-,25+/m0/s1. The maximum Gasteiger partial charge on any atom is 0.303 e. The van der Waals surface area contributed by atoms with E-state index in [0.717, 1.165) is 43.0 Å². The summed E-state index contributed by atoms with van der Waals surface area (Å²) >= 11 is 6.46. The number of hydrogen-bond acceptors (Lipinski definition) is 12. The molecule has 0 spiro atoms. The molecule has 13 heteroatoms. The van der Waals surface area contributed by atoms with Gasteiger partial charge < -0.3 is 23.7 Å². The van der Waals surface area contributed by atoms with E-state index >= 15 is 0 Å². The van der Waals surface area contributed by atoms with Gasteiger partial charge in [0, 0.05) is 27.7 Å². The predicted molar refractivity (Wildman–Crippen MR) is 143 cm³/mol. The summed E-state index contributed by atoms with van der Waals surface area (Å²) in [6, 6.07) is 9.43. The molecule has 5 atom stereocenters. The molecule has 1 aromatic rings. The van der Waals surface area contributed by atoms with Crippen LogP contribution in [-0.2, 0) is 47.7 Å². The monoisotopic (exact) mass is 577 g/mol. The number of nitrogens with zero attached hydrogens (tertiary/aromatic N) is 1. The molecule has 0 unspecified atom stereocenters. The van der Waals surface area contributed by atoms with Crippen molar-refractivity contribution in [2.24, 2.45) is 0 Å². The SMILES string of the molecule is CC(=O)OC[C@@H]1O[C@@H](N2C(=O)/C(=C\C=C\c3ccccc3)SC2=S)[C@@H](OC(C)=O)[C@@H](OC(C)=O)[C@H]1OC(C)=O. The largest absolute Gasteiger partial charge is 0.463 e. The Bertz CT molecular complexity index is 1200. The van der Waals surface area contributed by atoms with Gasteiger partial charge in [-0.1, -0.05) is 66.5 Å². The normalized spacial score (nSPS) is 26.0. The molecule has 39 heavy (non-hydrogen) atoms. The summed E-state index contributed by atoms with van der Waals surface area (Å²) < 4.78 is 27.5. The Hall–Kier alpha value is -3.55. The van der Waals surface area contributed by atoms with E-state index in [1.54, 1.807) is 18.2 Å².